The van der Waals surface area contributed by atoms with Gasteiger partial charge < -0.3 is 14.8 Å². The summed E-state index contributed by atoms with van der Waals surface area (Å²) in [6, 6.07) is 15.2. The molecule has 1 aliphatic rings. The van der Waals surface area contributed by atoms with Crippen molar-refractivity contribution in [2.45, 2.75) is 12.5 Å². The third kappa shape index (κ3) is 3.68. The zero-order chi connectivity index (χ0) is 18.6. The largest absolute Gasteiger partial charge is 0.493 e. The Bertz CT molecular complexity index is 900. The third-order valence-corrected chi connectivity index (χ3v) is 6.25. The minimum Gasteiger partial charge on any atom is -0.493 e. The van der Waals surface area contributed by atoms with Gasteiger partial charge >= 0.3 is 0 Å². The lowest BCUT2D eigenvalue weighted by Crippen LogP contribution is -2.33. The van der Waals surface area contributed by atoms with E-state index >= 15 is 0 Å². The van der Waals surface area contributed by atoms with Gasteiger partial charge in [0.25, 0.3) is 0 Å². The van der Waals surface area contributed by atoms with Gasteiger partial charge in [0.2, 0.25) is 0 Å². The topological polar surface area (TPSA) is 33.7 Å². The lowest BCUT2D eigenvalue weighted by Gasteiger charge is -2.31. The minimum atomic E-state index is 0.209. The molecule has 0 bridgehead atoms. The fourth-order valence-corrected chi connectivity index (χ4v) is 4.92. The molecular weight excluding hydrogens is 356 g/mol. The Morgan fingerprint density at radius 1 is 1.00 bits per heavy atom. The Hall–Kier alpha value is -2.08. The van der Waals surface area contributed by atoms with Crippen LogP contribution in [0.25, 0.3) is 10.1 Å². The minimum absolute atomic E-state index is 0.209. The van der Waals surface area contributed by atoms with E-state index in [4.69, 9.17) is 9.47 Å². The van der Waals surface area contributed by atoms with E-state index in [1.807, 2.05) is 17.4 Å². The van der Waals surface area contributed by atoms with Gasteiger partial charge in [0, 0.05) is 24.3 Å². The Morgan fingerprint density at radius 3 is 2.70 bits per heavy atom. The van der Waals surface area contributed by atoms with E-state index in [0.717, 1.165) is 44.1 Å². The van der Waals surface area contributed by atoms with Gasteiger partial charge in [-0.2, -0.15) is 0 Å². The average Bonchev–Trinajstić information content (AvgIpc) is 2.95. The Kier molecular flexibility index (Phi) is 5.62. The molecule has 1 N–H and O–H groups in total. The van der Waals surface area contributed by atoms with Gasteiger partial charge in [0.15, 0.2) is 11.5 Å². The highest BCUT2D eigenvalue weighted by Crippen LogP contribution is 2.40. The van der Waals surface area contributed by atoms with Crippen LogP contribution in [0.3, 0.4) is 0 Å². The van der Waals surface area contributed by atoms with Crippen molar-refractivity contribution in [1.29, 1.82) is 0 Å². The molecule has 2 heterocycles. The summed E-state index contributed by atoms with van der Waals surface area (Å²) < 4.78 is 12.4. The molecule has 5 heteroatoms. The van der Waals surface area contributed by atoms with Crippen molar-refractivity contribution < 1.29 is 9.47 Å². The number of benzene rings is 2. The van der Waals surface area contributed by atoms with Crippen LogP contribution in [0.1, 0.15) is 23.6 Å². The van der Waals surface area contributed by atoms with Gasteiger partial charge in [-0.25, -0.2) is 0 Å². The Morgan fingerprint density at radius 2 is 1.85 bits per heavy atom. The van der Waals surface area contributed by atoms with E-state index in [9.17, 15) is 0 Å². The summed E-state index contributed by atoms with van der Waals surface area (Å²) in [4.78, 5) is 2.59. The summed E-state index contributed by atoms with van der Waals surface area (Å²) in [6.07, 6.45) is 1.16. The number of methoxy groups -OCH3 is 2. The lowest BCUT2D eigenvalue weighted by molar-refractivity contribution is 0.242. The number of nitrogens with one attached hydrogen (secondary N) is 1. The number of fused-ring (bicyclic) bond motifs is 1. The molecule has 2 aromatic carbocycles. The van der Waals surface area contributed by atoms with Crippen molar-refractivity contribution in [3.05, 3.63) is 59.0 Å². The highest BCUT2D eigenvalue weighted by Gasteiger charge is 2.26. The molecule has 0 aliphatic carbocycles. The normalized spacial score (nSPS) is 16.8. The van der Waals surface area contributed by atoms with E-state index in [2.05, 4.69) is 52.0 Å². The molecule has 1 fully saturated rings. The molecule has 1 aliphatic heterocycles. The second kappa shape index (κ2) is 8.30. The maximum absolute atomic E-state index is 5.59. The molecule has 1 unspecified atom stereocenters. The summed E-state index contributed by atoms with van der Waals surface area (Å²) in [5.74, 6) is 1.56. The number of nitrogens with zero attached hydrogens (tertiary/aromatic N) is 1. The van der Waals surface area contributed by atoms with Crippen LogP contribution in [-0.2, 0) is 0 Å². The highest BCUT2D eigenvalue weighted by atomic mass is 32.1. The summed E-state index contributed by atoms with van der Waals surface area (Å²) in [5.41, 5.74) is 2.63. The van der Waals surface area contributed by atoms with E-state index in [1.54, 1.807) is 14.2 Å². The smallest absolute Gasteiger partial charge is 0.161 e. The first-order valence-corrected chi connectivity index (χ1v) is 10.3. The van der Waals surface area contributed by atoms with Crippen LogP contribution in [0, 0.1) is 0 Å². The molecule has 0 spiro atoms. The molecule has 142 valence electrons. The summed E-state index contributed by atoms with van der Waals surface area (Å²) in [6.45, 7) is 4.21. The number of thiophene rings is 1. The first-order chi connectivity index (χ1) is 13.3. The van der Waals surface area contributed by atoms with Crippen molar-refractivity contribution in [3.63, 3.8) is 0 Å². The molecule has 1 aromatic heterocycles. The van der Waals surface area contributed by atoms with Gasteiger partial charge in [-0.1, -0.05) is 24.3 Å². The first-order valence-electron chi connectivity index (χ1n) is 9.44. The van der Waals surface area contributed by atoms with E-state index in [-0.39, 0.29) is 6.04 Å². The fourth-order valence-electron chi connectivity index (χ4n) is 3.94. The van der Waals surface area contributed by atoms with Crippen molar-refractivity contribution in [1.82, 2.24) is 10.2 Å². The quantitative estimate of drug-likeness (QED) is 0.713. The summed E-state index contributed by atoms with van der Waals surface area (Å²) >= 11 is 1.83. The average molecular weight is 383 g/mol. The number of rotatable bonds is 5. The molecule has 3 aromatic rings. The Labute approximate surface area is 164 Å². The van der Waals surface area contributed by atoms with Gasteiger partial charge in [-0.3, -0.25) is 4.90 Å². The van der Waals surface area contributed by atoms with Crippen molar-refractivity contribution in [2.75, 3.05) is 40.4 Å². The third-order valence-electron chi connectivity index (χ3n) is 5.27. The maximum atomic E-state index is 5.59. The molecule has 4 rings (SSSR count). The van der Waals surface area contributed by atoms with E-state index in [1.165, 1.54) is 21.2 Å². The predicted molar refractivity (Wildman–Crippen MR) is 112 cm³/mol. The van der Waals surface area contributed by atoms with Gasteiger partial charge in [0.05, 0.1) is 20.3 Å². The van der Waals surface area contributed by atoms with Crippen LogP contribution >= 0.6 is 11.3 Å². The zero-order valence-corrected chi connectivity index (χ0v) is 16.7. The molecular formula is C22H26N2O2S. The van der Waals surface area contributed by atoms with Crippen molar-refractivity contribution >= 4 is 21.4 Å². The molecule has 0 amide bonds. The molecule has 0 saturated carbocycles. The van der Waals surface area contributed by atoms with Crippen LogP contribution in [-0.4, -0.2) is 45.3 Å². The van der Waals surface area contributed by atoms with Gasteiger partial charge in [0.1, 0.15) is 0 Å². The molecule has 1 atom stereocenters. The predicted octanol–water partition coefficient (Wildman–Crippen LogP) is 4.30. The van der Waals surface area contributed by atoms with Crippen LogP contribution in [0.5, 0.6) is 11.5 Å². The van der Waals surface area contributed by atoms with Crippen LogP contribution < -0.4 is 14.8 Å². The monoisotopic (exact) mass is 382 g/mol. The molecule has 0 radical (unpaired) electrons. The van der Waals surface area contributed by atoms with E-state index < -0.39 is 0 Å². The van der Waals surface area contributed by atoms with Crippen LogP contribution in [0.4, 0.5) is 0 Å². The van der Waals surface area contributed by atoms with Gasteiger partial charge in [-0.15, -0.1) is 11.3 Å². The molecule has 4 nitrogen and oxygen atoms in total. The van der Waals surface area contributed by atoms with Crippen molar-refractivity contribution in [2.24, 2.45) is 0 Å². The lowest BCUT2D eigenvalue weighted by atomic mass is 9.95. The number of hydrogen-bond donors (Lipinski definition) is 1. The van der Waals surface area contributed by atoms with Crippen LogP contribution in [0.15, 0.2) is 47.8 Å². The Balaban J connectivity index is 1.83. The first kappa shape index (κ1) is 18.3. The van der Waals surface area contributed by atoms with E-state index in [0.29, 0.717) is 0 Å². The number of hydrogen-bond acceptors (Lipinski definition) is 5. The SMILES string of the molecule is COc1ccc(C(c2csc3ccccc23)N2CCCNCC2)cc1OC. The second-order valence-electron chi connectivity index (χ2n) is 6.84. The molecule has 1 saturated heterocycles. The second-order valence-corrected chi connectivity index (χ2v) is 7.75. The maximum Gasteiger partial charge on any atom is 0.161 e. The zero-order valence-electron chi connectivity index (χ0n) is 15.9. The highest BCUT2D eigenvalue weighted by molar-refractivity contribution is 7.17. The summed E-state index contributed by atoms with van der Waals surface area (Å²) in [7, 11) is 3.38. The van der Waals surface area contributed by atoms with Crippen LogP contribution in [0.2, 0.25) is 0 Å². The fraction of sp³-hybridized carbons (Fsp3) is 0.364. The standard InChI is InChI=1S/C22H26N2O2S/c1-25-19-9-8-16(14-20(19)26-2)22(24-12-5-10-23-11-13-24)18-15-27-21-7-4-3-6-17(18)21/h3-4,6-9,14-15,22-23H,5,10-13H2,1-2H3. The summed E-state index contributed by atoms with van der Waals surface area (Å²) in [5, 5.41) is 7.19. The number of ether oxygens (including phenoxy) is 2. The van der Waals surface area contributed by atoms with Crippen molar-refractivity contribution in [3.8, 4) is 11.5 Å². The van der Waals surface area contributed by atoms with Gasteiger partial charge in [-0.05, 0) is 53.1 Å². The molecule has 27 heavy (non-hydrogen) atoms.